The monoisotopic (exact) mass is 294 g/mol. The minimum absolute atomic E-state index is 0.127. The highest BCUT2D eigenvalue weighted by Gasteiger charge is 2.22. The molecule has 0 atom stereocenters. The SMILES string of the molecule is CN(C)C(C)(C)CNC(=O)c1cc2c(F)cccc2s1. The van der Waals surface area contributed by atoms with Gasteiger partial charge in [-0.15, -0.1) is 11.3 Å². The molecule has 0 saturated carbocycles. The molecule has 1 N–H and O–H groups in total. The van der Waals surface area contributed by atoms with E-state index in [0.717, 1.165) is 4.70 Å². The number of carbonyl (C=O) groups excluding carboxylic acids is 1. The second-order valence-electron chi connectivity index (χ2n) is 5.65. The first-order valence-electron chi connectivity index (χ1n) is 6.45. The maximum Gasteiger partial charge on any atom is 0.261 e. The zero-order chi connectivity index (χ0) is 14.9. The van der Waals surface area contributed by atoms with E-state index in [9.17, 15) is 9.18 Å². The van der Waals surface area contributed by atoms with Gasteiger partial charge in [-0.2, -0.15) is 0 Å². The van der Waals surface area contributed by atoms with Crippen LogP contribution in [0.1, 0.15) is 23.5 Å². The van der Waals surface area contributed by atoms with E-state index in [2.05, 4.69) is 24.1 Å². The molecule has 5 heteroatoms. The van der Waals surface area contributed by atoms with E-state index in [4.69, 9.17) is 0 Å². The minimum Gasteiger partial charge on any atom is -0.350 e. The fourth-order valence-corrected chi connectivity index (χ4v) is 2.67. The summed E-state index contributed by atoms with van der Waals surface area (Å²) in [6.07, 6.45) is 0. The summed E-state index contributed by atoms with van der Waals surface area (Å²) in [6.45, 7) is 4.64. The molecule has 0 spiro atoms. The molecule has 0 aliphatic rings. The Balaban J connectivity index is 2.14. The third-order valence-electron chi connectivity index (χ3n) is 3.62. The number of thiophene rings is 1. The largest absolute Gasteiger partial charge is 0.350 e. The summed E-state index contributed by atoms with van der Waals surface area (Å²) in [5.41, 5.74) is -0.127. The molecule has 0 saturated heterocycles. The molecule has 3 nitrogen and oxygen atoms in total. The lowest BCUT2D eigenvalue weighted by Crippen LogP contribution is -2.48. The van der Waals surface area contributed by atoms with Gasteiger partial charge in [-0.1, -0.05) is 6.07 Å². The molecule has 0 aliphatic carbocycles. The van der Waals surface area contributed by atoms with Crippen LogP contribution >= 0.6 is 11.3 Å². The number of fused-ring (bicyclic) bond motifs is 1. The summed E-state index contributed by atoms with van der Waals surface area (Å²) in [6, 6.07) is 6.51. The molecule has 0 fully saturated rings. The van der Waals surface area contributed by atoms with Gasteiger partial charge < -0.3 is 10.2 Å². The Morgan fingerprint density at radius 1 is 1.40 bits per heavy atom. The van der Waals surface area contributed by atoms with Gasteiger partial charge in [-0.3, -0.25) is 4.79 Å². The van der Waals surface area contributed by atoms with Gasteiger partial charge in [-0.25, -0.2) is 4.39 Å². The van der Waals surface area contributed by atoms with Crippen molar-refractivity contribution in [2.24, 2.45) is 0 Å². The lowest BCUT2D eigenvalue weighted by atomic mass is 10.0. The van der Waals surface area contributed by atoms with Gasteiger partial charge in [0, 0.05) is 22.2 Å². The number of halogens is 1. The van der Waals surface area contributed by atoms with Gasteiger partial charge in [0.1, 0.15) is 5.82 Å². The molecule has 1 aromatic carbocycles. The second kappa shape index (κ2) is 5.50. The number of carbonyl (C=O) groups is 1. The number of rotatable bonds is 4. The molecule has 0 aliphatic heterocycles. The lowest BCUT2D eigenvalue weighted by molar-refractivity contribution is 0.0924. The Hall–Kier alpha value is -1.46. The smallest absolute Gasteiger partial charge is 0.261 e. The van der Waals surface area contributed by atoms with Crippen LogP contribution in [0.15, 0.2) is 24.3 Å². The van der Waals surface area contributed by atoms with Crippen LogP contribution in [0, 0.1) is 5.82 Å². The molecule has 2 aromatic rings. The van der Waals surface area contributed by atoms with Crippen LogP contribution in [0.2, 0.25) is 0 Å². The topological polar surface area (TPSA) is 32.3 Å². The van der Waals surface area contributed by atoms with E-state index in [0.29, 0.717) is 16.8 Å². The molecule has 1 aromatic heterocycles. The fourth-order valence-electron chi connectivity index (χ4n) is 1.68. The molecule has 2 rings (SSSR count). The highest BCUT2D eigenvalue weighted by molar-refractivity contribution is 7.20. The third kappa shape index (κ3) is 2.99. The Morgan fingerprint density at radius 3 is 2.70 bits per heavy atom. The number of likely N-dealkylation sites (N-methyl/N-ethyl adjacent to an activating group) is 1. The summed E-state index contributed by atoms with van der Waals surface area (Å²) < 4.78 is 14.4. The summed E-state index contributed by atoms with van der Waals surface area (Å²) >= 11 is 1.31. The van der Waals surface area contributed by atoms with E-state index < -0.39 is 0 Å². The normalized spacial score (nSPS) is 12.1. The predicted octanol–water partition coefficient (Wildman–Crippen LogP) is 3.11. The summed E-state index contributed by atoms with van der Waals surface area (Å²) in [7, 11) is 3.95. The fraction of sp³-hybridized carbons (Fsp3) is 0.400. The van der Waals surface area contributed by atoms with E-state index >= 15 is 0 Å². The number of hydrogen-bond acceptors (Lipinski definition) is 3. The first-order chi connectivity index (χ1) is 9.31. The molecule has 0 bridgehead atoms. The predicted molar refractivity (Wildman–Crippen MR) is 81.9 cm³/mol. The van der Waals surface area contributed by atoms with Crippen LogP contribution in [-0.4, -0.2) is 37.0 Å². The maximum absolute atomic E-state index is 13.6. The van der Waals surface area contributed by atoms with Crippen molar-refractivity contribution in [3.63, 3.8) is 0 Å². The summed E-state index contributed by atoms with van der Waals surface area (Å²) in [5.74, 6) is -0.438. The van der Waals surface area contributed by atoms with Gasteiger partial charge in [0.25, 0.3) is 5.91 Å². The Morgan fingerprint density at radius 2 is 2.10 bits per heavy atom. The van der Waals surface area contributed by atoms with Crippen molar-refractivity contribution in [1.29, 1.82) is 0 Å². The van der Waals surface area contributed by atoms with E-state index in [1.165, 1.54) is 17.4 Å². The zero-order valence-electron chi connectivity index (χ0n) is 12.2. The summed E-state index contributed by atoms with van der Waals surface area (Å²) in [4.78, 5) is 14.7. The van der Waals surface area contributed by atoms with Crippen LogP contribution in [0.4, 0.5) is 4.39 Å². The standard InChI is InChI=1S/C15H19FN2OS/c1-15(2,18(3)4)9-17-14(19)13-8-10-11(16)6-5-7-12(10)20-13/h5-8H,9H2,1-4H3,(H,17,19). The van der Waals surface area contributed by atoms with Gasteiger partial charge >= 0.3 is 0 Å². The number of nitrogens with one attached hydrogen (secondary N) is 1. The van der Waals surface area contributed by atoms with Crippen LogP contribution < -0.4 is 5.32 Å². The highest BCUT2D eigenvalue weighted by Crippen LogP contribution is 2.27. The number of amides is 1. The van der Waals surface area contributed by atoms with Gasteiger partial charge in [0.2, 0.25) is 0 Å². The maximum atomic E-state index is 13.6. The van der Waals surface area contributed by atoms with Crippen LogP contribution in [0.25, 0.3) is 10.1 Å². The van der Waals surface area contributed by atoms with Crippen molar-refractivity contribution in [3.05, 3.63) is 35.0 Å². The summed E-state index contributed by atoms with van der Waals surface area (Å²) in [5, 5.41) is 3.42. The van der Waals surface area contributed by atoms with Crippen molar-refractivity contribution in [2.45, 2.75) is 19.4 Å². The molecule has 0 unspecified atom stereocenters. The number of nitrogens with zero attached hydrogens (tertiary/aromatic N) is 1. The van der Waals surface area contributed by atoms with Crippen molar-refractivity contribution in [1.82, 2.24) is 10.2 Å². The molecular formula is C15H19FN2OS. The average molecular weight is 294 g/mol. The van der Waals surface area contributed by atoms with Crippen molar-refractivity contribution < 1.29 is 9.18 Å². The molecule has 20 heavy (non-hydrogen) atoms. The van der Waals surface area contributed by atoms with Crippen molar-refractivity contribution in [2.75, 3.05) is 20.6 Å². The van der Waals surface area contributed by atoms with Crippen molar-refractivity contribution >= 4 is 27.3 Å². The molecule has 1 amide bonds. The van der Waals surface area contributed by atoms with Gasteiger partial charge in [0.15, 0.2) is 0 Å². The Kier molecular flexibility index (Phi) is 4.11. The Bertz CT molecular complexity index is 634. The zero-order valence-corrected chi connectivity index (χ0v) is 13.0. The number of hydrogen-bond donors (Lipinski definition) is 1. The Labute approximate surface area is 122 Å². The molecular weight excluding hydrogens is 275 g/mol. The first-order valence-corrected chi connectivity index (χ1v) is 7.26. The van der Waals surface area contributed by atoms with E-state index in [-0.39, 0.29) is 17.3 Å². The molecule has 108 valence electrons. The first kappa shape index (κ1) is 14.9. The van der Waals surface area contributed by atoms with Crippen LogP contribution in [0.3, 0.4) is 0 Å². The second-order valence-corrected chi connectivity index (χ2v) is 6.74. The van der Waals surface area contributed by atoms with E-state index in [1.807, 2.05) is 20.2 Å². The van der Waals surface area contributed by atoms with Gasteiger partial charge in [-0.05, 0) is 46.1 Å². The minimum atomic E-state index is -0.286. The van der Waals surface area contributed by atoms with Crippen LogP contribution in [-0.2, 0) is 0 Å². The molecule has 0 radical (unpaired) electrons. The van der Waals surface area contributed by atoms with Crippen molar-refractivity contribution in [3.8, 4) is 0 Å². The van der Waals surface area contributed by atoms with Gasteiger partial charge in [0.05, 0.1) is 4.88 Å². The quantitative estimate of drug-likeness (QED) is 0.939. The van der Waals surface area contributed by atoms with Crippen LogP contribution in [0.5, 0.6) is 0 Å². The van der Waals surface area contributed by atoms with E-state index in [1.54, 1.807) is 12.1 Å². The lowest BCUT2D eigenvalue weighted by Gasteiger charge is -2.32. The molecule has 1 heterocycles. The number of benzene rings is 1. The third-order valence-corrected chi connectivity index (χ3v) is 4.72. The average Bonchev–Trinajstić information content (AvgIpc) is 2.81. The highest BCUT2D eigenvalue weighted by atomic mass is 32.1.